The van der Waals surface area contributed by atoms with Crippen molar-refractivity contribution in [3.63, 3.8) is 0 Å². The van der Waals surface area contributed by atoms with Crippen LogP contribution in [0.25, 0.3) is 0 Å². The molecule has 0 aromatic heterocycles. The van der Waals surface area contributed by atoms with E-state index < -0.39 is 0 Å². The largest absolute Gasteiger partial charge is 0.497 e. The average molecular weight is 310 g/mol. The lowest BCUT2D eigenvalue weighted by Crippen LogP contribution is -2.14. The van der Waals surface area contributed by atoms with E-state index in [9.17, 15) is 4.79 Å². The van der Waals surface area contributed by atoms with Gasteiger partial charge in [-0.1, -0.05) is 35.3 Å². The van der Waals surface area contributed by atoms with E-state index in [2.05, 4.69) is 5.32 Å². The number of rotatable bonds is 4. The number of benzene rings is 2. The highest BCUT2D eigenvalue weighted by atomic mass is 35.5. The maximum absolute atomic E-state index is 11.9. The highest BCUT2D eigenvalue weighted by Gasteiger charge is 2.07. The lowest BCUT2D eigenvalue weighted by atomic mass is 10.1. The molecular weight excluding hydrogens is 297 g/mol. The molecule has 0 saturated heterocycles. The Hall–Kier alpha value is -1.71. The molecule has 1 N–H and O–H groups in total. The lowest BCUT2D eigenvalue weighted by molar-refractivity contribution is -0.115. The van der Waals surface area contributed by atoms with Crippen LogP contribution in [-0.2, 0) is 11.2 Å². The Labute approximate surface area is 127 Å². The minimum atomic E-state index is -0.139. The molecule has 0 fully saturated rings. The summed E-state index contributed by atoms with van der Waals surface area (Å²) in [6.07, 6.45) is 0.267. The van der Waals surface area contributed by atoms with Crippen LogP contribution in [0.1, 0.15) is 5.56 Å². The molecule has 3 nitrogen and oxygen atoms in total. The molecule has 104 valence electrons. The van der Waals surface area contributed by atoms with Crippen molar-refractivity contribution in [2.45, 2.75) is 6.42 Å². The number of carbonyl (C=O) groups excluding carboxylic acids is 1. The number of hydrogen-bond donors (Lipinski definition) is 1. The molecule has 0 spiro atoms. The van der Waals surface area contributed by atoms with Gasteiger partial charge in [-0.2, -0.15) is 0 Å². The van der Waals surface area contributed by atoms with E-state index >= 15 is 0 Å². The van der Waals surface area contributed by atoms with Crippen LogP contribution in [0, 0.1) is 0 Å². The lowest BCUT2D eigenvalue weighted by Gasteiger charge is -2.08. The van der Waals surface area contributed by atoms with Gasteiger partial charge in [0.1, 0.15) is 5.75 Å². The molecule has 0 bridgehead atoms. The molecule has 5 heteroatoms. The molecule has 0 aliphatic heterocycles. The molecule has 2 aromatic carbocycles. The van der Waals surface area contributed by atoms with Gasteiger partial charge >= 0.3 is 0 Å². The normalized spacial score (nSPS) is 10.2. The van der Waals surface area contributed by atoms with E-state index in [1.807, 2.05) is 24.3 Å². The number of nitrogens with one attached hydrogen (secondary N) is 1. The van der Waals surface area contributed by atoms with Gasteiger partial charge in [-0.15, -0.1) is 0 Å². The van der Waals surface area contributed by atoms with Crippen LogP contribution < -0.4 is 10.1 Å². The van der Waals surface area contributed by atoms with Gasteiger partial charge in [-0.05, 0) is 35.9 Å². The Morgan fingerprint density at radius 2 is 1.85 bits per heavy atom. The van der Waals surface area contributed by atoms with Gasteiger partial charge in [0.15, 0.2) is 0 Å². The minimum Gasteiger partial charge on any atom is -0.497 e. The fraction of sp³-hybridized carbons (Fsp3) is 0.133. The van der Waals surface area contributed by atoms with Crippen LogP contribution in [0.15, 0.2) is 42.5 Å². The summed E-state index contributed by atoms with van der Waals surface area (Å²) in [6.45, 7) is 0. The smallest absolute Gasteiger partial charge is 0.228 e. The maximum atomic E-state index is 11.9. The first-order chi connectivity index (χ1) is 9.58. The van der Waals surface area contributed by atoms with E-state index in [0.29, 0.717) is 15.7 Å². The number of ether oxygens (including phenoxy) is 1. The molecule has 20 heavy (non-hydrogen) atoms. The first-order valence-electron chi connectivity index (χ1n) is 5.96. The Bertz CT molecular complexity index is 612. The average Bonchev–Trinajstić information content (AvgIpc) is 2.43. The van der Waals surface area contributed by atoms with Crippen molar-refractivity contribution in [2.75, 3.05) is 12.4 Å². The molecule has 0 heterocycles. The fourth-order valence-corrected chi connectivity index (χ4v) is 2.17. The van der Waals surface area contributed by atoms with E-state index in [0.717, 1.165) is 11.3 Å². The second-order valence-electron chi connectivity index (χ2n) is 4.20. The Kier molecular flexibility index (Phi) is 4.88. The standard InChI is InChI=1S/C15H13Cl2NO2/c1-20-12-5-2-10(3-6-12)8-15(19)18-14-7-4-11(16)9-13(14)17/h2-7,9H,8H2,1H3,(H,18,19). The monoisotopic (exact) mass is 309 g/mol. The fourth-order valence-electron chi connectivity index (χ4n) is 1.71. The predicted octanol–water partition coefficient (Wildman–Crippen LogP) is 4.18. The predicted molar refractivity (Wildman–Crippen MR) is 81.8 cm³/mol. The molecule has 0 radical (unpaired) electrons. The van der Waals surface area contributed by atoms with Gasteiger partial charge in [0.2, 0.25) is 5.91 Å². The zero-order valence-electron chi connectivity index (χ0n) is 10.8. The second kappa shape index (κ2) is 6.64. The zero-order valence-corrected chi connectivity index (χ0v) is 12.3. The van der Waals surface area contributed by atoms with Crippen molar-refractivity contribution in [1.29, 1.82) is 0 Å². The number of anilines is 1. The van der Waals surface area contributed by atoms with E-state index in [1.165, 1.54) is 0 Å². The molecule has 0 aliphatic rings. The Balaban J connectivity index is 2.01. The molecule has 2 rings (SSSR count). The second-order valence-corrected chi connectivity index (χ2v) is 5.04. The highest BCUT2D eigenvalue weighted by Crippen LogP contribution is 2.25. The third kappa shape index (κ3) is 3.89. The summed E-state index contributed by atoms with van der Waals surface area (Å²) in [5.74, 6) is 0.620. The number of halogens is 2. The van der Waals surface area contributed by atoms with Crippen LogP contribution in [0.5, 0.6) is 5.75 Å². The van der Waals surface area contributed by atoms with E-state index in [-0.39, 0.29) is 12.3 Å². The van der Waals surface area contributed by atoms with Crippen LogP contribution in [0.2, 0.25) is 10.0 Å². The van der Waals surface area contributed by atoms with Gasteiger partial charge in [0.05, 0.1) is 24.2 Å². The summed E-state index contributed by atoms with van der Waals surface area (Å²) >= 11 is 11.8. The first-order valence-corrected chi connectivity index (χ1v) is 6.72. The first kappa shape index (κ1) is 14.7. The SMILES string of the molecule is COc1ccc(CC(=O)Nc2ccc(Cl)cc2Cl)cc1. The molecule has 0 atom stereocenters. The Morgan fingerprint density at radius 1 is 1.15 bits per heavy atom. The van der Waals surface area contributed by atoms with Gasteiger partial charge in [-0.25, -0.2) is 0 Å². The molecular formula is C15H13Cl2NO2. The van der Waals surface area contributed by atoms with Gasteiger partial charge in [-0.3, -0.25) is 4.79 Å². The number of hydrogen-bond acceptors (Lipinski definition) is 2. The van der Waals surface area contributed by atoms with Crippen molar-refractivity contribution < 1.29 is 9.53 Å². The summed E-state index contributed by atoms with van der Waals surface area (Å²) in [5.41, 5.74) is 1.45. The van der Waals surface area contributed by atoms with Crippen LogP contribution in [-0.4, -0.2) is 13.0 Å². The summed E-state index contributed by atoms with van der Waals surface area (Å²) in [7, 11) is 1.60. The maximum Gasteiger partial charge on any atom is 0.228 e. The minimum absolute atomic E-state index is 0.139. The number of amides is 1. The quantitative estimate of drug-likeness (QED) is 0.920. The number of methoxy groups -OCH3 is 1. The molecule has 0 aliphatic carbocycles. The van der Waals surface area contributed by atoms with Gasteiger partial charge < -0.3 is 10.1 Å². The molecule has 0 saturated carbocycles. The Morgan fingerprint density at radius 3 is 2.45 bits per heavy atom. The van der Waals surface area contributed by atoms with E-state index in [1.54, 1.807) is 25.3 Å². The summed E-state index contributed by atoms with van der Waals surface area (Å²) in [4.78, 5) is 11.9. The third-order valence-corrected chi connectivity index (χ3v) is 3.28. The van der Waals surface area contributed by atoms with Gasteiger partial charge in [0.25, 0.3) is 0 Å². The van der Waals surface area contributed by atoms with E-state index in [4.69, 9.17) is 27.9 Å². The zero-order chi connectivity index (χ0) is 14.5. The van der Waals surface area contributed by atoms with Crippen LogP contribution in [0.3, 0.4) is 0 Å². The highest BCUT2D eigenvalue weighted by molar-refractivity contribution is 6.36. The summed E-state index contributed by atoms with van der Waals surface area (Å²) in [6, 6.07) is 12.3. The topological polar surface area (TPSA) is 38.3 Å². The van der Waals surface area contributed by atoms with Crippen molar-refractivity contribution in [3.8, 4) is 5.75 Å². The summed E-state index contributed by atoms with van der Waals surface area (Å²) < 4.78 is 5.07. The molecule has 0 unspecified atom stereocenters. The van der Waals surface area contributed by atoms with Crippen molar-refractivity contribution in [1.82, 2.24) is 0 Å². The van der Waals surface area contributed by atoms with Crippen molar-refractivity contribution >= 4 is 34.8 Å². The number of carbonyl (C=O) groups is 1. The summed E-state index contributed by atoms with van der Waals surface area (Å²) in [5, 5.41) is 3.70. The van der Waals surface area contributed by atoms with Gasteiger partial charge in [0, 0.05) is 5.02 Å². The molecule has 2 aromatic rings. The van der Waals surface area contributed by atoms with Crippen LogP contribution >= 0.6 is 23.2 Å². The van der Waals surface area contributed by atoms with Crippen molar-refractivity contribution in [3.05, 3.63) is 58.1 Å². The van der Waals surface area contributed by atoms with Crippen LogP contribution in [0.4, 0.5) is 5.69 Å². The van der Waals surface area contributed by atoms with Crippen molar-refractivity contribution in [2.24, 2.45) is 0 Å². The molecule has 1 amide bonds. The third-order valence-electron chi connectivity index (χ3n) is 2.73.